The van der Waals surface area contributed by atoms with Gasteiger partial charge in [0.1, 0.15) is 16.9 Å². The summed E-state index contributed by atoms with van der Waals surface area (Å²) >= 11 is 1.85. The van der Waals surface area contributed by atoms with Gasteiger partial charge in [0.05, 0.1) is 7.11 Å². The molecule has 2 nitrogen and oxygen atoms in total. The molecular weight excluding hydrogens is 364 g/mol. The zero-order valence-corrected chi connectivity index (χ0v) is 16.7. The quantitative estimate of drug-likeness (QED) is 0.286. The third kappa shape index (κ3) is 1.73. The predicted molar refractivity (Wildman–Crippen MR) is 121 cm³/mol. The first-order chi connectivity index (χ1) is 13.8. The fraction of sp³-hybridized carbons (Fsp3) is 0.120. The van der Waals surface area contributed by atoms with E-state index in [9.17, 15) is 0 Å². The maximum absolute atomic E-state index is 6.23. The Morgan fingerprint density at radius 3 is 2.32 bits per heavy atom. The van der Waals surface area contributed by atoms with Crippen LogP contribution in [0.3, 0.4) is 0 Å². The van der Waals surface area contributed by atoms with E-state index >= 15 is 0 Å². The molecule has 7 rings (SSSR count). The number of methoxy groups -OCH3 is 1. The fourth-order valence-electron chi connectivity index (χ4n) is 4.70. The van der Waals surface area contributed by atoms with Crippen molar-refractivity contribution in [3.05, 3.63) is 54.6 Å². The van der Waals surface area contributed by atoms with Crippen molar-refractivity contribution in [3.63, 3.8) is 0 Å². The number of fused-ring (bicyclic) bond motifs is 1. The maximum Gasteiger partial charge on any atom is 0.136 e. The Labute approximate surface area is 165 Å². The third-order valence-corrected chi connectivity index (χ3v) is 6.81. The Bertz CT molecular complexity index is 1560. The van der Waals surface area contributed by atoms with Crippen LogP contribution in [0.25, 0.3) is 64.0 Å². The van der Waals surface area contributed by atoms with Crippen LogP contribution in [0.15, 0.2) is 59.0 Å². The fourth-order valence-corrected chi connectivity index (χ4v) is 5.82. The van der Waals surface area contributed by atoms with E-state index in [1.54, 1.807) is 7.11 Å². The molecule has 4 aromatic carbocycles. The molecule has 2 aromatic heterocycles. The van der Waals surface area contributed by atoms with Gasteiger partial charge in [-0.25, -0.2) is 0 Å². The van der Waals surface area contributed by atoms with Crippen molar-refractivity contribution in [2.24, 2.45) is 0 Å². The number of ether oxygens (including phenoxy) is 1. The predicted octanol–water partition coefficient (Wildman–Crippen LogP) is 8.12. The summed E-state index contributed by atoms with van der Waals surface area (Å²) < 4.78 is 14.7. The van der Waals surface area contributed by atoms with Crippen LogP contribution >= 0.6 is 11.3 Å². The van der Waals surface area contributed by atoms with Gasteiger partial charge in [-0.1, -0.05) is 38.1 Å². The number of hydrogen-bond donors (Lipinski definition) is 0. The Hall–Kier alpha value is -3.04. The van der Waals surface area contributed by atoms with Gasteiger partial charge in [0.2, 0.25) is 0 Å². The van der Waals surface area contributed by atoms with E-state index in [1.807, 2.05) is 25.2 Å². The number of thiophene rings is 1. The van der Waals surface area contributed by atoms with Gasteiger partial charge in [0.25, 0.3) is 0 Å². The first kappa shape index (κ1) is 16.0. The first-order valence-electron chi connectivity index (χ1n) is 9.65. The van der Waals surface area contributed by atoms with Crippen molar-refractivity contribution in [2.45, 2.75) is 13.8 Å². The normalized spacial score (nSPS) is 12.1. The minimum atomic E-state index is 0.920. The lowest BCUT2D eigenvalue weighted by Gasteiger charge is -2.11. The largest absolute Gasteiger partial charge is 0.496 e. The van der Waals surface area contributed by atoms with Crippen LogP contribution in [0, 0.1) is 0 Å². The first-order valence-corrected chi connectivity index (χ1v) is 10.5. The van der Waals surface area contributed by atoms with E-state index in [0.29, 0.717) is 0 Å². The highest BCUT2D eigenvalue weighted by molar-refractivity contribution is 7.26. The van der Waals surface area contributed by atoms with E-state index in [0.717, 1.165) is 16.9 Å². The molecule has 0 saturated heterocycles. The van der Waals surface area contributed by atoms with Crippen LogP contribution < -0.4 is 4.74 Å². The van der Waals surface area contributed by atoms with Gasteiger partial charge >= 0.3 is 0 Å². The monoisotopic (exact) mass is 382 g/mol. The molecule has 1 aliphatic rings. The molecule has 0 aliphatic heterocycles. The van der Waals surface area contributed by atoms with Crippen molar-refractivity contribution in [3.8, 4) is 16.9 Å². The minimum Gasteiger partial charge on any atom is -0.496 e. The van der Waals surface area contributed by atoms with E-state index in [1.165, 1.54) is 52.8 Å². The number of benzene rings is 4. The smallest absolute Gasteiger partial charge is 0.136 e. The van der Waals surface area contributed by atoms with Gasteiger partial charge in [0.15, 0.2) is 0 Å². The van der Waals surface area contributed by atoms with Gasteiger partial charge in [-0.05, 0) is 41.3 Å². The van der Waals surface area contributed by atoms with Gasteiger partial charge in [-0.2, -0.15) is 0 Å². The molecule has 0 N–H and O–H groups in total. The molecule has 0 unspecified atom stereocenters. The van der Waals surface area contributed by atoms with Crippen molar-refractivity contribution >= 4 is 64.2 Å². The zero-order valence-electron chi connectivity index (χ0n) is 15.9. The van der Waals surface area contributed by atoms with E-state index in [2.05, 4.69) is 54.6 Å². The van der Waals surface area contributed by atoms with Crippen LogP contribution in [0.2, 0.25) is 0 Å². The number of hydrogen-bond acceptors (Lipinski definition) is 3. The molecule has 0 fully saturated rings. The highest BCUT2D eigenvalue weighted by Crippen LogP contribution is 2.53. The lowest BCUT2D eigenvalue weighted by atomic mass is 9.97. The Balaban J connectivity index is 0.000000756. The molecule has 0 amide bonds. The summed E-state index contributed by atoms with van der Waals surface area (Å²) in [6, 6.07) is 19.4. The second-order valence-electron chi connectivity index (χ2n) is 6.87. The number of furan rings is 1. The van der Waals surface area contributed by atoms with Gasteiger partial charge in [-0.3, -0.25) is 0 Å². The Morgan fingerprint density at radius 2 is 1.46 bits per heavy atom. The van der Waals surface area contributed by atoms with Crippen LogP contribution in [0.5, 0.6) is 5.75 Å². The van der Waals surface area contributed by atoms with Crippen LogP contribution in [0.4, 0.5) is 0 Å². The van der Waals surface area contributed by atoms with Gasteiger partial charge in [0, 0.05) is 41.9 Å². The van der Waals surface area contributed by atoms with Crippen LogP contribution in [0.1, 0.15) is 13.8 Å². The molecule has 1 aliphatic carbocycles. The van der Waals surface area contributed by atoms with Crippen molar-refractivity contribution in [1.29, 1.82) is 0 Å². The molecule has 0 spiro atoms. The second-order valence-corrected chi connectivity index (χ2v) is 7.96. The second kappa shape index (κ2) is 5.49. The average Bonchev–Trinajstić information content (AvgIpc) is 3.28. The van der Waals surface area contributed by atoms with E-state index in [4.69, 9.17) is 9.15 Å². The standard InChI is InChI=1S/C23H12O2S.C2H6/c1-24-13-8-10-17-23-19(13)12-3-2-4-14-20(12)21-15(25-14)7-5-11-6-9-16(26-17)22(23)18(11)21;1-2/h2-10H,1H3;1-2H3. The molecular formula is C25H18O2S. The zero-order chi connectivity index (χ0) is 19.0. The summed E-state index contributed by atoms with van der Waals surface area (Å²) in [5.74, 6) is 0.920. The molecule has 0 radical (unpaired) electrons. The highest BCUT2D eigenvalue weighted by atomic mass is 32.1. The lowest BCUT2D eigenvalue weighted by molar-refractivity contribution is 0.417. The molecule has 0 saturated carbocycles. The third-order valence-electron chi connectivity index (χ3n) is 5.69. The average molecular weight is 382 g/mol. The lowest BCUT2D eigenvalue weighted by Crippen LogP contribution is -1.88. The molecule has 28 heavy (non-hydrogen) atoms. The topological polar surface area (TPSA) is 22.4 Å². The van der Waals surface area contributed by atoms with Crippen LogP contribution in [-0.4, -0.2) is 7.11 Å². The van der Waals surface area contributed by atoms with Gasteiger partial charge < -0.3 is 9.15 Å². The maximum atomic E-state index is 6.23. The van der Waals surface area contributed by atoms with E-state index < -0.39 is 0 Å². The summed E-state index contributed by atoms with van der Waals surface area (Å²) in [5, 5.41) is 7.65. The van der Waals surface area contributed by atoms with Crippen molar-refractivity contribution in [2.75, 3.05) is 7.11 Å². The number of rotatable bonds is 1. The molecule has 6 aromatic rings. The SMILES string of the molecule is CC.COc1ccc2sc3ccc4ccc5oc6cccc7c6c5c4c3c2c1-7. The Morgan fingerprint density at radius 1 is 0.714 bits per heavy atom. The summed E-state index contributed by atoms with van der Waals surface area (Å²) in [6.07, 6.45) is 0. The Kier molecular flexibility index (Phi) is 3.13. The van der Waals surface area contributed by atoms with E-state index in [-0.39, 0.29) is 0 Å². The summed E-state index contributed by atoms with van der Waals surface area (Å²) in [7, 11) is 1.75. The molecule has 0 atom stereocenters. The van der Waals surface area contributed by atoms with Crippen molar-refractivity contribution < 1.29 is 9.15 Å². The van der Waals surface area contributed by atoms with Gasteiger partial charge in [-0.15, -0.1) is 11.3 Å². The van der Waals surface area contributed by atoms with Crippen molar-refractivity contribution in [1.82, 2.24) is 0 Å². The molecule has 3 heteroatoms. The van der Waals surface area contributed by atoms with Crippen LogP contribution in [-0.2, 0) is 0 Å². The minimum absolute atomic E-state index is 0.920. The molecule has 2 heterocycles. The summed E-state index contributed by atoms with van der Waals surface area (Å²) in [4.78, 5) is 0. The summed E-state index contributed by atoms with van der Waals surface area (Å²) in [6.45, 7) is 4.00. The summed E-state index contributed by atoms with van der Waals surface area (Å²) in [5.41, 5.74) is 4.29. The molecule has 136 valence electrons. The highest BCUT2D eigenvalue weighted by Gasteiger charge is 2.25. The molecule has 0 bridgehead atoms.